The zero-order valence-corrected chi connectivity index (χ0v) is 10.5. The van der Waals surface area contributed by atoms with Crippen LogP contribution in [0.15, 0.2) is 12.1 Å². The fourth-order valence-electron chi connectivity index (χ4n) is 2.85. The molecule has 1 aromatic carbocycles. The molecule has 1 aliphatic carbocycles. The summed E-state index contributed by atoms with van der Waals surface area (Å²) < 4.78 is 13.6. The number of aromatic hydroxyl groups is 1. The summed E-state index contributed by atoms with van der Waals surface area (Å²) in [6, 6.07) is 3.27. The molecule has 0 unspecified atom stereocenters. The van der Waals surface area contributed by atoms with E-state index in [1.54, 1.807) is 0 Å². The number of benzene rings is 1. The fraction of sp³-hybridized carbons (Fsp3) is 0.571. The van der Waals surface area contributed by atoms with Crippen molar-refractivity contribution in [3.05, 3.63) is 29.1 Å². The summed E-state index contributed by atoms with van der Waals surface area (Å²) in [7, 11) is 0. The molecule has 1 atom stereocenters. The maximum Gasteiger partial charge on any atom is 0.126 e. The third-order valence-electron chi connectivity index (χ3n) is 3.85. The smallest absolute Gasteiger partial charge is 0.126 e. The molecule has 17 heavy (non-hydrogen) atoms. The van der Waals surface area contributed by atoms with E-state index in [0.717, 1.165) is 37.9 Å². The van der Waals surface area contributed by atoms with Crippen LogP contribution >= 0.6 is 0 Å². The van der Waals surface area contributed by atoms with Gasteiger partial charge in [-0.1, -0.05) is 13.8 Å². The molecule has 0 saturated heterocycles. The minimum atomic E-state index is -0.171. The first-order valence-electron chi connectivity index (χ1n) is 6.40. The average molecular weight is 237 g/mol. The van der Waals surface area contributed by atoms with Gasteiger partial charge in [0.1, 0.15) is 11.6 Å². The molecule has 0 radical (unpaired) electrons. The van der Waals surface area contributed by atoms with Crippen molar-refractivity contribution in [2.24, 2.45) is 0 Å². The van der Waals surface area contributed by atoms with Gasteiger partial charge >= 0.3 is 0 Å². The highest BCUT2D eigenvalue weighted by atomic mass is 19.1. The molecule has 0 saturated carbocycles. The van der Waals surface area contributed by atoms with Gasteiger partial charge in [-0.15, -0.1) is 0 Å². The van der Waals surface area contributed by atoms with Crippen molar-refractivity contribution in [3.8, 4) is 5.75 Å². The Bertz CT molecular complexity index is 401. The Balaban J connectivity index is 2.26. The van der Waals surface area contributed by atoms with E-state index in [4.69, 9.17) is 0 Å². The van der Waals surface area contributed by atoms with E-state index in [0.29, 0.717) is 11.6 Å². The molecule has 3 heteroatoms. The Morgan fingerprint density at radius 3 is 2.65 bits per heavy atom. The van der Waals surface area contributed by atoms with Gasteiger partial charge in [-0.05, 0) is 50.0 Å². The molecular formula is C14H20FNO. The molecule has 0 aliphatic heterocycles. The Kier molecular flexibility index (Phi) is 3.67. The van der Waals surface area contributed by atoms with Crippen molar-refractivity contribution >= 4 is 0 Å². The van der Waals surface area contributed by atoms with Crippen LogP contribution in [-0.2, 0) is 12.8 Å². The first kappa shape index (κ1) is 12.4. The van der Waals surface area contributed by atoms with Crippen LogP contribution in [0.2, 0.25) is 0 Å². The summed E-state index contributed by atoms with van der Waals surface area (Å²) in [5.74, 6) is 0.0778. The molecule has 1 N–H and O–H groups in total. The highest BCUT2D eigenvalue weighted by Gasteiger charge is 2.26. The van der Waals surface area contributed by atoms with Crippen molar-refractivity contribution in [2.45, 2.75) is 39.2 Å². The molecule has 0 aromatic heterocycles. The lowest BCUT2D eigenvalue weighted by atomic mass is 9.86. The molecule has 0 fully saturated rings. The molecule has 2 nitrogen and oxygen atoms in total. The lowest BCUT2D eigenvalue weighted by Crippen LogP contribution is -2.39. The highest BCUT2D eigenvalue weighted by Crippen LogP contribution is 2.32. The van der Waals surface area contributed by atoms with Gasteiger partial charge in [0.2, 0.25) is 0 Å². The Labute approximate surface area is 102 Å². The minimum absolute atomic E-state index is 0.171. The lowest BCUT2D eigenvalue weighted by molar-refractivity contribution is 0.196. The number of phenolic OH excluding ortho intramolecular Hbond substituents is 1. The van der Waals surface area contributed by atoms with E-state index in [2.05, 4.69) is 18.7 Å². The number of likely N-dealkylation sites (N-methyl/N-ethyl adjacent to an activating group) is 1. The normalized spacial score (nSPS) is 19.4. The van der Waals surface area contributed by atoms with Gasteiger partial charge in [-0.3, -0.25) is 0 Å². The standard InChI is InChI=1S/C14H20FNO/c1-3-16(4-2)10-5-6-11-12(9-10)14(17)8-7-13(11)15/h7-8,10,17H,3-6,9H2,1-2H3/t10-/m1/s1. The predicted molar refractivity (Wildman–Crippen MR) is 66.8 cm³/mol. The molecule has 1 aromatic rings. The highest BCUT2D eigenvalue weighted by molar-refractivity contribution is 5.42. The lowest BCUT2D eigenvalue weighted by Gasteiger charge is -2.34. The molecule has 94 valence electrons. The molecule has 1 aliphatic rings. The van der Waals surface area contributed by atoms with Gasteiger partial charge in [0.15, 0.2) is 0 Å². The van der Waals surface area contributed by atoms with Crippen molar-refractivity contribution in [3.63, 3.8) is 0 Å². The van der Waals surface area contributed by atoms with Crippen molar-refractivity contribution < 1.29 is 9.50 Å². The molecule has 0 spiro atoms. The largest absolute Gasteiger partial charge is 0.508 e. The number of phenols is 1. The Hall–Kier alpha value is -1.09. The van der Waals surface area contributed by atoms with Crippen molar-refractivity contribution in [1.82, 2.24) is 4.90 Å². The molecule has 0 heterocycles. The van der Waals surface area contributed by atoms with Crippen LogP contribution in [-0.4, -0.2) is 29.1 Å². The van der Waals surface area contributed by atoms with Crippen molar-refractivity contribution in [1.29, 1.82) is 0 Å². The van der Waals surface area contributed by atoms with Gasteiger partial charge in [-0.2, -0.15) is 0 Å². The summed E-state index contributed by atoms with van der Waals surface area (Å²) in [5.41, 5.74) is 1.53. The number of rotatable bonds is 3. The summed E-state index contributed by atoms with van der Waals surface area (Å²) >= 11 is 0. The maximum atomic E-state index is 13.6. The number of hydrogen-bond acceptors (Lipinski definition) is 2. The van der Waals surface area contributed by atoms with Crippen LogP contribution in [0.4, 0.5) is 4.39 Å². The van der Waals surface area contributed by atoms with Crippen LogP contribution in [0.5, 0.6) is 5.75 Å². The number of nitrogens with zero attached hydrogens (tertiary/aromatic N) is 1. The van der Waals surface area contributed by atoms with E-state index in [9.17, 15) is 9.50 Å². The van der Waals surface area contributed by atoms with Crippen LogP contribution in [0.25, 0.3) is 0 Å². The third kappa shape index (κ3) is 2.29. The van der Waals surface area contributed by atoms with E-state index in [-0.39, 0.29) is 11.6 Å². The van der Waals surface area contributed by atoms with E-state index >= 15 is 0 Å². The Morgan fingerprint density at radius 1 is 1.29 bits per heavy atom. The van der Waals surface area contributed by atoms with E-state index in [1.807, 2.05) is 0 Å². The maximum absolute atomic E-state index is 13.6. The average Bonchev–Trinajstić information content (AvgIpc) is 2.36. The van der Waals surface area contributed by atoms with E-state index < -0.39 is 0 Å². The number of hydrogen-bond donors (Lipinski definition) is 1. The number of fused-ring (bicyclic) bond motifs is 1. The topological polar surface area (TPSA) is 23.5 Å². The zero-order chi connectivity index (χ0) is 12.4. The summed E-state index contributed by atoms with van der Waals surface area (Å²) in [6.07, 6.45) is 2.48. The fourth-order valence-corrected chi connectivity index (χ4v) is 2.85. The second kappa shape index (κ2) is 5.05. The molecular weight excluding hydrogens is 217 g/mol. The Morgan fingerprint density at radius 2 is 2.00 bits per heavy atom. The predicted octanol–water partition coefficient (Wildman–Crippen LogP) is 2.73. The van der Waals surface area contributed by atoms with Gasteiger partial charge in [0.25, 0.3) is 0 Å². The molecule has 0 amide bonds. The quantitative estimate of drug-likeness (QED) is 0.873. The first-order chi connectivity index (χ1) is 8.17. The zero-order valence-electron chi connectivity index (χ0n) is 10.5. The third-order valence-corrected chi connectivity index (χ3v) is 3.85. The SMILES string of the molecule is CCN(CC)[C@@H]1CCc2c(F)ccc(O)c2C1. The van der Waals surface area contributed by atoms with Gasteiger partial charge < -0.3 is 10.0 Å². The van der Waals surface area contributed by atoms with E-state index in [1.165, 1.54) is 12.1 Å². The monoisotopic (exact) mass is 237 g/mol. The van der Waals surface area contributed by atoms with Crippen LogP contribution in [0, 0.1) is 5.82 Å². The summed E-state index contributed by atoms with van der Waals surface area (Å²) in [5, 5.41) is 9.84. The summed E-state index contributed by atoms with van der Waals surface area (Å²) in [6.45, 7) is 6.30. The van der Waals surface area contributed by atoms with Gasteiger partial charge in [0.05, 0.1) is 0 Å². The first-order valence-corrected chi connectivity index (χ1v) is 6.40. The molecule has 0 bridgehead atoms. The second-order valence-corrected chi connectivity index (χ2v) is 4.64. The van der Waals surface area contributed by atoms with Crippen LogP contribution in [0.3, 0.4) is 0 Å². The van der Waals surface area contributed by atoms with Gasteiger partial charge in [0, 0.05) is 11.6 Å². The number of halogens is 1. The minimum Gasteiger partial charge on any atom is -0.508 e. The molecule has 2 rings (SSSR count). The van der Waals surface area contributed by atoms with Gasteiger partial charge in [-0.25, -0.2) is 4.39 Å². The summed E-state index contributed by atoms with van der Waals surface area (Å²) in [4.78, 5) is 2.38. The van der Waals surface area contributed by atoms with Crippen molar-refractivity contribution in [2.75, 3.05) is 13.1 Å². The second-order valence-electron chi connectivity index (χ2n) is 4.64. The van der Waals surface area contributed by atoms with Crippen LogP contribution in [0.1, 0.15) is 31.4 Å². The van der Waals surface area contributed by atoms with Crippen LogP contribution < -0.4 is 0 Å².